The van der Waals surface area contributed by atoms with Crippen molar-refractivity contribution in [3.05, 3.63) is 0 Å². The van der Waals surface area contributed by atoms with Crippen molar-refractivity contribution >= 4 is 0 Å². The standard InChI is InChI=1S/C9H17N3/c1-11-6-8-12(9-7-11)5-3-2-4-10/h4-10H2,1H3. The van der Waals surface area contributed by atoms with Crippen molar-refractivity contribution in [2.45, 2.75) is 0 Å². The first-order chi connectivity index (χ1) is 5.83. The molecule has 0 radical (unpaired) electrons. The van der Waals surface area contributed by atoms with Gasteiger partial charge in [-0.05, 0) is 7.05 Å². The second-order valence-corrected chi connectivity index (χ2v) is 3.14. The number of nitrogens with zero attached hydrogens (tertiary/aromatic N) is 2. The number of rotatable bonds is 1. The van der Waals surface area contributed by atoms with Crippen LogP contribution in [0, 0.1) is 11.8 Å². The van der Waals surface area contributed by atoms with Crippen LogP contribution in [0.1, 0.15) is 0 Å². The molecule has 68 valence electrons. The fraction of sp³-hybridized carbons (Fsp3) is 0.778. The molecule has 0 aromatic heterocycles. The Morgan fingerprint density at radius 3 is 2.42 bits per heavy atom. The summed E-state index contributed by atoms with van der Waals surface area (Å²) in [4.78, 5) is 4.70. The molecule has 1 rings (SSSR count). The summed E-state index contributed by atoms with van der Waals surface area (Å²) in [5.41, 5.74) is 5.27. The van der Waals surface area contributed by atoms with E-state index in [2.05, 4.69) is 28.7 Å². The normalized spacial score (nSPS) is 20.2. The molecule has 0 aliphatic carbocycles. The maximum absolute atomic E-state index is 5.27. The molecule has 0 aromatic carbocycles. The minimum absolute atomic E-state index is 0.480. The van der Waals surface area contributed by atoms with Crippen LogP contribution in [0.3, 0.4) is 0 Å². The third-order valence-corrected chi connectivity index (χ3v) is 2.13. The van der Waals surface area contributed by atoms with E-state index in [0.717, 1.165) is 32.7 Å². The summed E-state index contributed by atoms with van der Waals surface area (Å²) < 4.78 is 0. The largest absolute Gasteiger partial charge is 0.320 e. The fourth-order valence-corrected chi connectivity index (χ4v) is 1.25. The topological polar surface area (TPSA) is 32.5 Å². The Kier molecular flexibility index (Phi) is 4.09. The molecule has 0 aromatic rings. The van der Waals surface area contributed by atoms with Gasteiger partial charge in [-0.1, -0.05) is 11.8 Å². The molecule has 1 aliphatic rings. The molecule has 1 fully saturated rings. The van der Waals surface area contributed by atoms with Crippen molar-refractivity contribution in [3.63, 3.8) is 0 Å². The monoisotopic (exact) mass is 167 g/mol. The molecule has 0 atom stereocenters. The van der Waals surface area contributed by atoms with E-state index in [0.29, 0.717) is 6.54 Å². The minimum atomic E-state index is 0.480. The average Bonchev–Trinajstić information content (AvgIpc) is 2.09. The summed E-state index contributed by atoms with van der Waals surface area (Å²) in [7, 11) is 2.16. The van der Waals surface area contributed by atoms with Gasteiger partial charge in [-0.3, -0.25) is 4.90 Å². The maximum atomic E-state index is 5.27. The number of nitrogens with two attached hydrogens (primary N) is 1. The van der Waals surface area contributed by atoms with Crippen LogP contribution in [0.25, 0.3) is 0 Å². The molecule has 1 saturated heterocycles. The lowest BCUT2D eigenvalue weighted by Gasteiger charge is -2.30. The summed E-state index contributed by atoms with van der Waals surface area (Å²) in [6.07, 6.45) is 0. The van der Waals surface area contributed by atoms with Crippen LogP contribution in [-0.4, -0.2) is 56.1 Å². The smallest absolute Gasteiger partial charge is 0.0602 e. The summed E-state index contributed by atoms with van der Waals surface area (Å²) in [6, 6.07) is 0. The molecule has 3 heteroatoms. The van der Waals surface area contributed by atoms with Crippen LogP contribution in [0.5, 0.6) is 0 Å². The number of piperazine rings is 1. The Bertz CT molecular complexity index is 172. The second-order valence-electron chi connectivity index (χ2n) is 3.14. The Labute approximate surface area is 74.5 Å². The molecule has 1 heterocycles. The molecule has 0 saturated carbocycles. The lowest BCUT2D eigenvalue weighted by Crippen LogP contribution is -2.44. The van der Waals surface area contributed by atoms with Gasteiger partial charge in [0.05, 0.1) is 13.1 Å². The van der Waals surface area contributed by atoms with Gasteiger partial charge in [-0.15, -0.1) is 0 Å². The zero-order chi connectivity index (χ0) is 8.81. The van der Waals surface area contributed by atoms with Crippen molar-refractivity contribution in [1.82, 2.24) is 9.80 Å². The number of hydrogen-bond donors (Lipinski definition) is 1. The molecular formula is C9H17N3. The van der Waals surface area contributed by atoms with Crippen LogP contribution in [0.2, 0.25) is 0 Å². The van der Waals surface area contributed by atoms with E-state index in [1.165, 1.54) is 0 Å². The van der Waals surface area contributed by atoms with Crippen LogP contribution in [-0.2, 0) is 0 Å². The van der Waals surface area contributed by atoms with E-state index in [1.807, 2.05) is 0 Å². The van der Waals surface area contributed by atoms with Gasteiger partial charge in [0.2, 0.25) is 0 Å². The predicted octanol–water partition coefficient (Wildman–Crippen LogP) is -0.804. The molecule has 3 nitrogen and oxygen atoms in total. The molecule has 2 N–H and O–H groups in total. The highest BCUT2D eigenvalue weighted by molar-refractivity contribution is 5.02. The van der Waals surface area contributed by atoms with E-state index in [1.54, 1.807) is 0 Å². The highest BCUT2D eigenvalue weighted by Crippen LogP contribution is 1.96. The number of hydrogen-bond acceptors (Lipinski definition) is 3. The van der Waals surface area contributed by atoms with Crippen LogP contribution in [0.4, 0.5) is 0 Å². The van der Waals surface area contributed by atoms with E-state index >= 15 is 0 Å². The maximum Gasteiger partial charge on any atom is 0.0602 e. The highest BCUT2D eigenvalue weighted by Gasteiger charge is 2.11. The first-order valence-electron chi connectivity index (χ1n) is 4.39. The van der Waals surface area contributed by atoms with Gasteiger partial charge in [0.25, 0.3) is 0 Å². The van der Waals surface area contributed by atoms with Crippen LogP contribution in [0.15, 0.2) is 0 Å². The fourth-order valence-electron chi connectivity index (χ4n) is 1.25. The lowest BCUT2D eigenvalue weighted by molar-refractivity contribution is 0.168. The van der Waals surface area contributed by atoms with Gasteiger partial charge in [-0.2, -0.15) is 0 Å². The van der Waals surface area contributed by atoms with Crippen molar-refractivity contribution in [3.8, 4) is 11.8 Å². The minimum Gasteiger partial charge on any atom is -0.320 e. The van der Waals surface area contributed by atoms with Gasteiger partial charge >= 0.3 is 0 Å². The predicted molar refractivity (Wildman–Crippen MR) is 50.8 cm³/mol. The van der Waals surface area contributed by atoms with Gasteiger partial charge in [0, 0.05) is 26.2 Å². The average molecular weight is 167 g/mol. The van der Waals surface area contributed by atoms with Gasteiger partial charge in [-0.25, -0.2) is 0 Å². The van der Waals surface area contributed by atoms with E-state index < -0.39 is 0 Å². The molecule has 12 heavy (non-hydrogen) atoms. The molecule has 0 unspecified atom stereocenters. The Morgan fingerprint density at radius 1 is 1.17 bits per heavy atom. The molecule has 0 amide bonds. The SMILES string of the molecule is CN1CCN(CC#CCN)CC1. The highest BCUT2D eigenvalue weighted by atomic mass is 15.2. The van der Waals surface area contributed by atoms with Crippen molar-refractivity contribution in [2.75, 3.05) is 46.3 Å². The Balaban J connectivity index is 2.17. The zero-order valence-corrected chi connectivity index (χ0v) is 7.71. The van der Waals surface area contributed by atoms with Crippen LogP contribution < -0.4 is 5.73 Å². The van der Waals surface area contributed by atoms with Crippen molar-refractivity contribution in [1.29, 1.82) is 0 Å². The quantitative estimate of drug-likeness (QED) is 0.519. The second kappa shape index (κ2) is 5.15. The summed E-state index contributed by atoms with van der Waals surface area (Å²) in [5.74, 6) is 5.93. The lowest BCUT2D eigenvalue weighted by atomic mass is 10.3. The first kappa shape index (κ1) is 9.53. The Hall–Kier alpha value is -0.560. The number of likely N-dealkylation sites (N-methyl/N-ethyl adjacent to an activating group) is 1. The third-order valence-electron chi connectivity index (χ3n) is 2.13. The van der Waals surface area contributed by atoms with Gasteiger partial charge < -0.3 is 10.6 Å². The molecule has 1 aliphatic heterocycles. The van der Waals surface area contributed by atoms with Gasteiger partial charge in [0.1, 0.15) is 0 Å². The van der Waals surface area contributed by atoms with E-state index in [-0.39, 0.29) is 0 Å². The molecule has 0 bridgehead atoms. The summed E-state index contributed by atoms with van der Waals surface area (Å²) in [5, 5.41) is 0. The van der Waals surface area contributed by atoms with Gasteiger partial charge in [0.15, 0.2) is 0 Å². The zero-order valence-electron chi connectivity index (χ0n) is 7.71. The van der Waals surface area contributed by atoms with Crippen LogP contribution >= 0.6 is 0 Å². The van der Waals surface area contributed by atoms with E-state index in [4.69, 9.17) is 5.73 Å². The van der Waals surface area contributed by atoms with Crippen molar-refractivity contribution < 1.29 is 0 Å². The molecule has 0 spiro atoms. The Morgan fingerprint density at radius 2 is 1.83 bits per heavy atom. The third kappa shape index (κ3) is 3.22. The van der Waals surface area contributed by atoms with Crippen molar-refractivity contribution in [2.24, 2.45) is 5.73 Å². The van der Waals surface area contributed by atoms with E-state index in [9.17, 15) is 0 Å². The summed E-state index contributed by atoms with van der Waals surface area (Å²) >= 11 is 0. The molecular weight excluding hydrogens is 150 g/mol. The summed E-state index contributed by atoms with van der Waals surface area (Å²) in [6.45, 7) is 5.94. The first-order valence-corrected chi connectivity index (χ1v) is 4.39.